The van der Waals surface area contributed by atoms with Crippen LogP contribution in [-0.2, 0) is 0 Å². The molecule has 0 saturated heterocycles. The van der Waals surface area contributed by atoms with Crippen LogP contribution in [0.1, 0.15) is 41.5 Å². The molecule has 0 aromatic heterocycles. The van der Waals surface area contributed by atoms with Gasteiger partial charge in [-0.05, 0) is 12.3 Å². The van der Waals surface area contributed by atoms with E-state index in [9.17, 15) is 4.39 Å². The molecule has 0 radical (unpaired) electrons. The summed E-state index contributed by atoms with van der Waals surface area (Å²) in [5.41, 5.74) is 3.48. The standard InChI is InChI=1S/C10H22FN/c1-8(2,3)10(6,11)9(4,5)7-12/h7,12H2,1-6H3. The summed E-state index contributed by atoms with van der Waals surface area (Å²) in [6, 6.07) is 0. The molecular formula is C10H22FN. The number of rotatable bonds is 2. The average molecular weight is 175 g/mol. The van der Waals surface area contributed by atoms with E-state index in [2.05, 4.69) is 0 Å². The van der Waals surface area contributed by atoms with E-state index in [1.54, 1.807) is 6.92 Å². The van der Waals surface area contributed by atoms with E-state index in [1.807, 2.05) is 34.6 Å². The fourth-order valence-corrected chi connectivity index (χ4v) is 1.21. The quantitative estimate of drug-likeness (QED) is 0.686. The maximum absolute atomic E-state index is 14.3. The van der Waals surface area contributed by atoms with Crippen molar-refractivity contribution in [3.63, 3.8) is 0 Å². The number of nitrogens with two attached hydrogens (primary N) is 1. The first kappa shape index (κ1) is 11.9. The van der Waals surface area contributed by atoms with Gasteiger partial charge in [-0.25, -0.2) is 4.39 Å². The van der Waals surface area contributed by atoms with Crippen LogP contribution in [0.2, 0.25) is 0 Å². The molecule has 0 heterocycles. The van der Waals surface area contributed by atoms with Crippen LogP contribution in [0.15, 0.2) is 0 Å². The predicted octanol–water partition coefficient (Wildman–Crippen LogP) is 2.75. The lowest BCUT2D eigenvalue weighted by Gasteiger charge is -2.46. The summed E-state index contributed by atoms with van der Waals surface area (Å²) in [7, 11) is 0. The molecule has 2 N–H and O–H groups in total. The van der Waals surface area contributed by atoms with Gasteiger partial charge in [-0.3, -0.25) is 0 Å². The van der Waals surface area contributed by atoms with Gasteiger partial charge < -0.3 is 5.73 Å². The Balaban J connectivity index is 4.85. The lowest BCUT2D eigenvalue weighted by atomic mass is 9.64. The van der Waals surface area contributed by atoms with Crippen molar-refractivity contribution in [2.45, 2.75) is 47.2 Å². The number of hydrogen-bond donors (Lipinski definition) is 1. The largest absolute Gasteiger partial charge is 0.330 e. The van der Waals surface area contributed by atoms with Gasteiger partial charge in [-0.2, -0.15) is 0 Å². The van der Waals surface area contributed by atoms with Gasteiger partial charge in [0.15, 0.2) is 0 Å². The minimum atomic E-state index is -1.24. The van der Waals surface area contributed by atoms with Crippen molar-refractivity contribution >= 4 is 0 Å². The summed E-state index contributed by atoms with van der Waals surface area (Å²) in [6.45, 7) is 11.5. The highest BCUT2D eigenvalue weighted by molar-refractivity contribution is 4.98. The van der Waals surface area contributed by atoms with Gasteiger partial charge in [0, 0.05) is 12.0 Å². The van der Waals surface area contributed by atoms with Crippen LogP contribution in [0, 0.1) is 10.8 Å². The Morgan fingerprint density at radius 3 is 1.42 bits per heavy atom. The van der Waals surface area contributed by atoms with Crippen molar-refractivity contribution in [1.82, 2.24) is 0 Å². The Morgan fingerprint density at radius 1 is 1.00 bits per heavy atom. The van der Waals surface area contributed by atoms with E-state index in [4.69, 9.17) is 5.73 Å². The molecule has 1 unspecified atom stereocenters. The number of alkyl halides is 1. The molecule has 0 bridgehead atoms. The molecule has 1 nitrogen and oxygen atoms in total. The molecule has 0 rings (SSSR count). The molecule has 0 amide bonds. The van der Waals surface area contributed by atoms with Crippen molar-refractivity contribution in [3.8, 4) is 0 Å². The summed E-state index contributed by atoms with van der Waals surface area (Å²) < 4.78 is 14.3. The molecule has 0 aromatic carbocycles. The third kappa shape index (κ3) is 1.79. The molecule has 0 spiro atoms. The Bertz CT molecular complexity index is 154. The average Bonchev–Trinajstić information content (AvgIpc) is 1.85. The van der Waals surface area contributed by atoms with Gasteiger partial charge in [-0.1, -0.05) is 34.6 Å². The second-order valence-corrected chi connectivity index (χ2v) is 5.34. The van der Waals surface area contributed by atoms with Crippen LogP contribution >= 0.6 is 0 Å². The predicted molar refractivity (Wildman–Crippen MR) is 51.8 cm³/mol. The molecule has 12 heavy (non-hydrogen) atoms. The number of hydrogen-bond acceptors (Lipinski definition) is 1. The van der Waals surface area contributed by atoms with Gasteiger partial charge in [0.05, 0.1) is 0 Å². The summed E-state index contributed by atoms with van der Waals surface area (Å²) in [4.78, 5) is 0. The summed E-state index contributed by atoms with van der Waals surface area (Å²) in [5.74, 6) is 0. The normalized spacial score (nSPS) is 19.0. The second kappa shape index (κ2) is 2.99. The van der Waals surface area contributed by atoms with E-state index in [-0.39, 0.29) is 5.41 Å². The molecule has 2 heteroatoms. The maximum Gasteiger partial charge on any atom is 0.119 e. The highest BCUT2D eigenvalue weighted by Gasteiger charge is 2.49. The van der Waals surface area contributed by atoms with E-state index in [0.717, 1.165) is 0 Å². The highest BCUT2D eigenvalue weighted by atomic mass is 19.1. The minimum absolute atomic E-state index is 0.365. The third-order valence-corrected chi connectivity index (χ3v) is 3.19. The van der Waals surface area contributed by atoms with E-state index < -0.39 is 11.1 Å². The zero-order valence-electron chi connectivity index (χ0n) is 9.16. The molecule has 0 aliphatic rings. The molecular weight excluding hydrogens is 153 g/mol. The highest BCUT2D eigenvalue weighted by Crippen LogP contribution is 2.46. The van der Waals surface area contributed by atoms with Crippen LogP contribution in [0.3, 0.4) is 0 Å². The van der Waals surface area contributed by atoms with Crippen LogP contribution in [0.4, 0.5) is 4.39 Å². The van der Waals surface area contributed by atoms with Gasteiger partial charge in [0.1, 0.15) is 5.67 Å². The smallest absolute Gasteiger partial charge is 0.119 e. The Hall–Kier alpha value is -0.110. The van der Waals surface area contributed by atoms with Gasteiger partial charge in [-0.15, -0.1) is 0 Å². The molecule has 0 saturated carbocycles. The monoisotopic (exact) mass is 175 g/mol. The van der Waals surface area contributed by atoms with Crippen molar-refractivity contribution in [3.05, 3.63) is 0 Å². The fourth-order valence-electron chi connectivity index (χ4n) is 1.21. The van der Waals surface area contributed by atoms with Crippen molar-refractivity contribution in [2.24, 2.45) is 16.6 Å². The zero-order chi connectivity index (χ0) is 10.2. The van der Waals surface area contributed by atoms with E-state index in [1.165, 1.54) is 0 Å². The molecule has 74 valence electrons. The Morgan fingerprint density at radius 2 is 1.33 bits per heavy atom. The Labute approximate surface area is 75.5 Å². The van der Waals surface area contributed by atoms with Crippen molar-refractivity contribution in [1.29, 1.82) is 0 Å². The first-order valence-electron chi connectivity index (χ1n) is 4.45. The van der Waals surface area contributed by atoms with Crippen molar-refractivity contribution in [2.75, 3.05) is 6.54 Å². The molecule has 1 atom stereocenters. The van der Waals surface area contributed by atoms with Gasteiger partial charge in [0.2, 0.25) is 0 Å². The SMILES string of the molecule is CC(C)(C)C(C)(F)C(C)(C)CN. The second-order valence-electron chi connectivity index (χ2n) is 5.34. The lowest BCUT2D eigenvalue weighted by molar-refractivity contribution is -0.0545. The lowest BCUT2D eigenvalue weighted by Crippen LogP contribution is -2.51. The maximum atomic E-state index is 14.3. The molecule has 0 fully saturated rings. The minimum Gasteiger partial charge on any atom is -0.330 e. The first-order chi connectivity index (χ1) is 5.06. The van der Waals surface area contributed by atoms with Crippen molar-refractivity contribution < 1.29 is 4.39 Å². The summed E-state index contributed by atoms with van der Waals surface area (Å²) >= 11 is 0. The van der Waals surface area contributed by atoms with E-state index in [0.29, 0.717) is 6.54 Å². The third-order valence-electron chi connectivity index (χ3n) is 3.19. The van der Waals surface area contributed by atoms with Crippen LogP contribution in [0.25, 0.3) is 0 Å². The Kier molecular flexibility index (Phi) is 2.96. The van der Waals surface area contributed by atoms with E-state index >= 15 is 0 Å². The molecule has 0 aromatic rings. The zero-order valence-corrected chi connectivity index (χ0v) is 9.16. The molecule has 0 aliphatic carbocycles. The summed E-state index contributed by atoms with van der Waals surface area (Å²) in [5, 5.41) is 0. The first-order valence-corrected chi connectivity index (χ1v) is 4.45. The fraction of sp³-hybridized carbons (Fsp3) is 1.00. The van der Waals surface area contributed by atoms with Gasteiger partial charge >= 0.3 is 0 Å². The van der Waals surface area contributed by atoms with Crippen LogP contribution in [0.5, 0.6) is 0 Å². The van der Waals surface area contributed by atoms with Gasteiger partial charge in [0.25, 0.3) is 0 Å². The van der Waals surface area contributed by atoms with Crippen LogP contribution in [-0.4, -0.2) is 12.2 Å². The summed E-state index contributed by atoms with van der Waals surface area (Å²) in [6.07, 6.45) is 0. The topological polar surface area (TPSA) is 26.0 Å². The number of halogens is 1. The molecule has 0 aliphatic heterocycles. The van der Waals surface area contributed by atoms with Crippen LogP contribution < -0.4 is 5.73 Å².